The van der Waals surface area contributed by atoms with Crippen molar-refractivity contribution >= 4 is 17.4 Å². The Balaban J connectivity index is 1.93. The Morgan fingerprint density at radius 1 is 1.32 bits per heavy atom. The smallest absolute Gasteiger partial charge is 0.323 e. The molecule has 19 heavy (non-hydrogen) atoms. The summed E-state index contributed by atoms with van der Waals surface area (Å²) in [6, 6.07) is -0.169. The van der Waals surface area contributed by atoms with Gasteiger partial charge in [0.05, 0.1) is 6.20 Å². The first-order valence-electron chi connectivity index (χ1n) is 6.11. The molecule has 1 saturated heterocycles. The van der Waals surface area contributed by atoms with Gasteiger partial charge in [0.25, 0.3) is 0 Å². The molecule has 98 valence electrons. The summed E-state index contributed by atoms with van der Waals surface area (Å²) in [5, 5.41) is 1.88. The summed E-state index contributed by atoms with van der Waals surface area (Å²) >= 11 is 1.41. The van der Waals surface area contributed by atoms with Gasteiger partial charge in [0.15, 0.2) is 10.6 Å². The molecule has 7 heteroatoms. The summed E-state index contributed by atoms with van der Waals surface area (Å²) in [6.07, 6.45) is 8.84. The van der Waals surface area contributed by atoms with Gasteiger partial charge in [0.2, 0.25) is 0 Å². The maximum atomic E-state index is 12.0. The minimum atomic E-state index is -0.169. The molecule has 0 radical (unpaired) electrons. The number of amides is 2. The minimum Gasteiger partial charge on any atom is -0.323 e. The topological polar surface area (TPSA) is 63.4 Å². The van der Waals surface area contributed by atoms with E-state index in [2.05, 4.69) is 15.0 Å². The number of aromatic nitrogens is 3. The van der Waals surface area contributed by atoms with Crippen molar-refractivity contribution in [3.05, 3.63) is 35.0 Å². The second-order valence-electron chi connectivity index (χ2n) is 4.21. The van der Waals surface area contributed by atoms with Gasteiger partial charge in [-0.05, 0) is 12.8 Å². The molecule has 1 fully saturated rings. The van der Waals surface area contributed by atoms with Crippen LogP contribution in [0.15, 0.2) is 35.2 Å². The first kappa shape index (κ1) is 12.0. The predicted molar refractivity (Wildman–Crippen MR) is 71.0 cm³/mol. The minimum absolute atomic E-state index is 0.169. The van der Waals surface area contributed by atoms with E-state index in [1.165, 1.54) is 11.3 Å². The van der Waals surface area contributed by atoms with Crippen LogP contribution in [0.2, 0.25) is 0 Å². The Hall–Kier alpha value is -2.02. The molecule has 0 unspecified atom stereocenters. The van der Waals surface area contributed by atoms with Gasteiger partial charge in [0.1, 0.15) is 0 Å². The molecule has 6 nitrogen and oxygen atoms in total. The first-order valence-corrected chi connectivity index (χ1v) is 6.99. The SMILES string of the molecule is O=C(N=c1sccn1-c1cnccn1)N1CCCC1. The number of nitrogens with zero attached hydrogens (tertiary/aromatic N) is 5. The largest absolute Gasteiger partial charge is 0.346 e. The number of hydrogen-bond donors (Lipinski definition) is 0. The number of thiazole rings is 1. The van der Waals surface area contributed by atoms with E-state index in [1.807, 2.05) is 11.6 Å². The predicted octanol–water partition coefficient (Wildman–Crippen LogP) is 1.45. The zero-order valence-electron chi connectivity index (χ0n) is 10.3. The lowest BCUT2D eigenvalue weighted by Gasteiger charge is -2.10. The highest BCUT2D eigenvalue weighted by Gasteiger charge is 2.17. The molecular weight excluding hydrogens is 262 g/mol. The Morgan fingerprint density at radius 2 is 2.16 bits per heavy atom. The normalized spacial score (nSPS) is 16.0. The van der Waals surface area contributed by atoms with E-state index in [4.69, 9.17) is 0 Å². The van der Waals surface area contributed by atoms with Crippen molar-refractivity contribution in [1.29, 1.82) is 0 Å². The van der Waals surface area contributed by atoms with Gasteiger partial charge in [0, 0.05) is 37.1 Å². The molecule has 2 aromatic heterocycles. The fourth-order valence-electron chi connectivity index (χ4n) is 2.00. The average Bonchev–Trinajstić information content (AvgIpc) is 3.11. The van der Waals surface area contributed by atoms with Crippen LogP contribution in [0.25, 0.3) is 5.82 Å². The van der Waals surface area contributed by atoms with Crippen LogP contribution in [-0.4, -0.2) is 38.6 Å². The van der Waals surface area contributed by atoms with E-state index in [0.29, 0.717) is 10.6 Å². The van der Waals surface area contributed by atoms with Crippen LogP contribution in [0.1, 0.15) is 12.8 Å². The number of rotatable bonds is 1. The molecule has 0 atom stereocenters. The van der Waals surface area contributed by atoms with Crippen molar-refractivity contribution in [2.75, 3.05) is 13.1 Å². The first-order chi connectivity index (χ1) is 9.34. The van der Waals surface area contributed by atoms with Crippen LogP contribution in [-0.2, 0) is 0 Å². The third-order valence-corrected chi connectivity index (χ3v) is 3.71. The summed E-state index contributed by atoms with van der Waals surface area (Å²) in [6.45, 7) is 1.61. The van der Waals surface area contributed by atoms with Gasteiger partial charge < -0.3 is 4.90 Å². The lowest BCUT2D eigenvalue weighted by molar-refractivity contribution is 0.218. The summed E-state index contributed by atoms with van der Waals surface area (Å²) in [5.41, 5.74) is 0. The average molecular weight is 275 g/mol. The quantitative estimate of drug-likeness (QED) is 0.791. The summed E-state index contributed by atoms with van der Waals surface area (Å²) in [4.78, 5) is 26.8. The van der Waals surface area contributed by atoms with Crippen molar-refractivity contribution in [3.8, 4) is 5.82 Å². The van der Waals surface area contributed by atoms with Crippen LogP contribution >= 0.6 is 11.3 Å². The lowest BCUT2D eigenvalue weighted by atomic mass is 10.4. The third-order valence-electron chi connectivity index (χ3n) is 2.95. The highest BCUT2D eigenvalue weighted by atomic mass is 32.1. The molecule has 3 rings (SSSR count). The Labute approximate surface area is 114 Å². The van der Waals surface area contributed by atoms with E-state index >= 15 is 0 Å². The molecule has 0 aliphatic carbocycles. The van der Waals surface area contributed by atoms with Gasteiger partial charge in [-0.2, -0.15) is 4.99 Å². The molecule has 0 aromatic carbocycles. The van der Waals surface area contributed by atoms with Gasteiger partial charge in [-0.1, -0.05) is 0 Å². The highest BCUT2D eigenvalue weighted by Crippen LogP contribution is 2.08. The molecule has 0 bridgehead atoms. The summed E-state index contributed by atoms with van der Waals surface area (Å²) in [5.74, 6) is 0.664. The van der Waals surface area contributed by atoms with E-state index in [9.17, 15) is 4.79 Å². The Morgan fingerprint density at radius 3 is 2.89 bits per heavy atom. The van der Waals surface area contributed by atoms with Crippen molar-refractivity contribution in [1.82, 2.24) is 19.4 Å². The summed E-state index contributed by atoms with van der Waals surface area (Å²) in [7, 11) is 0. The van der Waals surface area contributed by atoms with Crippen LogP contribution in [0.5, 0.6) is 0 Å². The molecule has 2 amide bonds. The fourth-order valence-corrected chi connectivity index (χ4v) is 2.71. The van der Waals surface area contributed by atoms with Crippen LogP contribution in [0.3, 0.4) is 0 Å². The lowest BCUT2D eigenvalue weighted by Crippen LogP contribution is -2.27. The molecule has 1 aliphatic heterocycles. The van der Waals surface area contributed by atoms with Crippen LogP contribution < -0.4 is 4.80 Å². The number of carbonyl (C=O) groups is 1. The number of likely N-dealkylation sites (tertiary alicyclic amines) is 1. The highest BCUT2D eigenvalue weighted by molar-refractivity contribution is 7.07. The zero-order valence-corrected chi connectivity index (χ0v) is 11.1. The van der Waals surface area contributed by atoms with E-state index < -0.39 is 0 Å². The second kappa shape index (κ2) is 5.31. The van der Waals surface area contributed by atoms with E-state index in [1.54, 1.807) is 28.1 Å². The fraction of sp³-hybridized carbons (Fsp3) is 0.333. The molecule has 2 aromatic rings. The van der Waals surface area contributed by atoms with Gasteiger partial charge in [-0.3, -0.25) is 9.55 Å². The molecule has 1 aliphatic rings. The number of carbonyl (C=O) groups excluding carboxylic acids is 1. The van der Waals surface area contributed by atoms with Gasteiger partial charge in [-0.25, -0.2) is 9.78 Å². The number of hydrogen-bond acceptors (Lipinski definition) is 4. The molecule has 0 saturated carbocycles. The Bertz CT molecular complexity index is 627. The zero-order chi connectivity index (χ0) is 13.1. The number of urea groups is 1. The Kier molecular flexibility index (Phi) is 3.37. The maximum Gasteiger partial charge on any atom is 0.346 e. The van der Waals surface area contributed by atoms with Gasteiger partial charge in [-0.15, -0.1) is 11.3 Å². The van der Waals surface area contributed by atoms with Crippen molar-refractivity contribution in [2.45, 2.75) is 12.8 Å². The molecule has 0 N–H and O–H groups in total. The van der Waals surface area contributed by atoms with E-state index in [-0.39, 0.29) is 6.03 Å². The van der Waals surface area contributed by atoms with Crippen molar-refractivity contribution < 1.29 is 4.79 Å². The van der Waals surface area contributed by atoms with Crippen LogP contribution in [0, 0.1) is 0 Å². The second-order valence-corrected chi connectivity index (χ2v) is 5.08. The van der Waals surface area contributed by atoms with Gasteiger partial charge >= 0.3 is 6.03 Å². The van der Waals surface area contributed by atoms with Crippen molar-refractivity contribution in [2.24, 2.45) is 4.99 Å². The van der Waals surface area contributed by atoms with Crippen LogP contribution in [0.4, 0.5) is 4.79 Å². The maximum absolute atomic E-state index is 12.0. The monoisotopic (exact) mass is 275 g/mol. The van der Waals surface area contributed by atoms with E-state index in [0.717, 1.165) is 25.9 Å². The molecule has 0 spiro atoms. The van der Waals surface area contributed by atoms with Crippen molar-refractivity contribution in [3.63, 3.8) is 0 Å². The molecule has 3 heterocycles. The third kappa shape index (κ3) is 2.55. The standard InChI is InChI=1S/C12H13N5OS/c18-11(16-5-1-2-6-16)15-12-17(7-8-19-12)10-9-13-3-4-14-10/h3-4,7-9H,1-2,5-6H2. The summed E-state index contributed by atoms with van der Waals surface area (Å²) < 4.78 is 1.77. The molecular formula is C12H13N5OS.